The van der Waals surface area contributed by atoms with Crippen LogP contribution in [0.5, 0.6) is 0 Å². The highest BCUT2D eigenvalue weighted by Crippen LogP contribution is 2.34. The number of likely N-dealkylation sites (tertiary alicyclic amines) is 1. The van der Waals surface area contributed by atoms with E-state index in [1.807, 2.05) is 17.5 Å². The molecule has 6 heterocycles. The Labute approximate surface area is 336 Å². The smallest absolute Gasteiger partial charge is 0.256 e. The first-order valence-electron chi connectivity index (χ1n) is 19.8. The maximum absolute atomic E-state index is 14.6. The molecule has 4 aliphatic rings. The van der Waals surface area contributed by atoms with Crippen molar-refractivity contribution in [1.29, 1.82) is 0 Å². The third kappa shape index (κ3) is 9.07. The lowest BCUT2D eigenvalue weighted by Gasteiger charge is -2.38. The number of amides is 3. The van der Waals surface area contributed by atoms with E-state index in [4.69, 9.17) is 16.6 Å². The van der Waals surface area contributed by atoms with Gasteiger partial charge in [0.15, 0.2) is 10.9 Å². The zero-order valence-electron chi connectivity index (χ0n) is 31.5. The Balaban J connectivity index is 0.845. The standard InChI is InChI=1S/C42H48ClFN8O3S/c43-36-6-2-5-35(39(36)44)41(55)52-20-18-50(19-21-52)27-32-23-31(25-37(46-32)47-42-45-13-22-56-42)29-11-14-49(15-12-29)26-28-9-16-51(17-10-28)33-4-1-3-30(24-33)34-7-8-38(53)48-40(34)54/h1-6,13,22-25,28-29,34H,7-12,14-21,26-27H2,(H,45,46,47)(H,48,53,54)/t34-/m0/s1. The van der Waals surface area contributed by atoms with Crippen LogP contribution in [0.1, 0.15) is 77.5 Å². The third-order valence-corrected chi connectivity index (χ3v) is 12.8. The number of nitrogens with zero attached hydrogens (tertiary/aromatic N) is 6. The molecule has 294 valence electrons. The third-order valence-electron chi connectivity index (χ3n) is 11.9. The van der Waals surface area contributed by atoms with E-state index in [0.717, 1.165) is 86.3 Å². The minimum atomic E-state index is -0.664. The van der Waals surface area contributed by atoms with Crippen LogP contribution in [0.25, 0.3) is 0 Å². The summed E-state index contributed by atoms with van der Waals surface area (Å²) in [5.74, 6) is 0.271. The van der Waals surface area contributed by atoms with Crippen LogP contribution in [-0.2, 0) is 16.1 Å². The van der Waals surface area contributed by atoms with Gasteiger partial charge in [-0.05, 0) is 105 Å². The van der Waals surface area contributed by atoms with Crippen LogP contribution < -0.4 is 15.5 Å². The average molecular weight is 799 g/mol. The molecule has 4 aliphatic heterocycles. The number of carbonyl (C=O) groups is 3. The van der Waals surface area contributed by atoms with Crippen molar-refractivity contribution in [3.05, 3.63) is 99.4 Å². The summed E-state index contributed by atoms with van der Waals surface area (Å²) < 4.78 is 14.6. The van der Waals surface area contributed by atoms with Crippen molar-refractivity contribution < 1.29 is 18.8 Å². The number of hydrogen-bond donors (Lipinski definition) is 2. The van der Waals surface area contributed by atoms with Crippen molar-refractivity contribution in [2.45, 2.75) is 56.9 Å². The zero-order valence-corrected chi connectivity index (χ0v) is 33.0. The summed E-state index contributed by atoms with van der Waals surface area (Å²) in [4.78, 5) is 55.7. The summed E-state index contributed by atoms with van der Waals surface area (Å²) in [5, 5.41) is 8.64. The van der Waals surface area contributed by atoms with Gasteiger partial charge in [-0.25, -0.2) is 14.4 Å². The Kier molecular flexibility index (Phi) is 11.9. The van der Waals surface area contributed by atoms with Gasteiger partial charge in [0.2, 0.25) is 11.8 Å². The molecule has 2 aromatic carbocycles. The molecule has 4 saturated heterocycles. The molecule has 3 amide bonds. The zero-order chi connectivity index (χ0) is 38.6. The predicted molar refractivity (Wildman–Crippen MR) is 217 cm³/mol. The lowest BCUT2D eigenvalue weighted by molar-refractivity contribution is -0.134. The molecule has 8 rings (SSSR count). The molecule has 1 atom stereocenters. The van der Waals surface area contributed by atoms with Gasteiger partial charge in [-0.2, -0.15) is 0 Å². The minimum absolute atomic E-state index is 0.0150. The van der Waals surface area contributed by atoms with Crippen molar-refractivity contribution in [1.82, 2.24) is 30.0 Å². The van der Waals surface area contributed by atoms with E-state index in [1.165, 1.54) is 17.7 Å². The average Bonchev–Trinajstić information content (AvgIpc) is 3.73. The first-order valence-corrected chi connectivity index (χ1v) is 21.1. The van der Waals surface area contributed by atoms with Crippen molar-refractivity contribution in [2.24, 2.45) is 5.92 Å². The van der Waals surface area contributed by atoms with Crippen LogP contribution in [0.4, 0.5) is 21.0 Å². The van der Waals surface area contributed by atoms with Gasteiger partial charge in [-0.3, -0.25) is 24.6 Å². The molecule has 0 saturated carbocycles. The Bertz CT molecular complexity index is 2030. The first kappa shape index (κ1) is 38.4. The molecular formula is C42H48ClFN8O3S. The summed E-state index contributed by atoms with van der Waals surface area (Å²) >= 11 is 7.49. The molecule has 11 nitrogen and oxygen atoms in total. The van der Waals surface area contributed by atoms with E-state index in [-0.39, 0.29) is 34.2 Å². The Morgan fingerprint density at radius 3 is 2.43 bits per heavy atom. The predicted octanol–water partition coefficient (Wildman–Crippen LogP) is 6.65. The molecule has 4 aromatic rings. The number of hydrogen-bond acceptors (Lipinski definition) is 10. The number of imide groups is 1. The molecule has 0 aliphatic carbocycles. The molecule has 0 unspecified atom stereocenters. The quantitative estimate of drug-likeness (QED) is 0.170. The maximum atomic E-state index is 14.6. The normalized spacial score (nSPS) is 20.6. The largest absolute Gasteiger partial charge is 0.372 e. The van der Waals surface area contributed by atoms with Crippen LogP contribution >= 0.6 is 22.9 Å². The van der Waals surface area contributed by atoms with Crippen molar-refractivity contribution >= 4 is 57.3 Å². The summed E-state index contributed by atoms with van der Waals surface area (Å²) in [5.41, 5.74) is 4.45. The molecule has 0 spiro atoms. The van der Waals surface area contributed by atoms with Gasteiger partial charge in [-0.1, -0.05) is 29.8 Å². The van der Waals surface area contributed by atoms with Crippen LogP contribution in [0.2, 0.25) is 5.02 Å². The molecule has 0 bridgehead atoms. The van der Waals surface area contributed by atoms with Gasteiger partial charge >= 0.3 is 0 Å². The Hall–Kier alpha value is -4.43. The fourth-order valence-corrected chi connectivity index (χ4v) is 9.41. The SMILES string of the molecule is O=C1CC[C@@H](c2cccc(N3CCC(CN4CCC(c5cc(CN6CCN(C(=O)c7cccc(Cl)c7F)CC6)nc(Nc6nccs6)c5)CC4)CC3)c2)C(=O)N1. The number of aromatic nitrogens is 2. The summed E-state index contributed by atoms with van der Waals surface area (Å²) in [7, 11) is 0. The van der Waals surface area contributed by atoms with Gasteiger partial charge < -0.3 is 20.0 Å². The highest BCUT2D eigenvalue weighted by Gasteiger charge is 2.30. The Morgan fingerprint density at radius 2 is 1.68 bits per heavy atom. The minimum Gasteiger partial charge on any atom is -0.372 e. The number of pyridine rings is 1. The maximum Gasteiger partial charge on any atom is 0.256 e. The molecular weight excluding hydrogens is 751 g/mol. The lowest BCUT2D eigenvalue weighted by Crippen LogP contribution is -2.48. The van der Waals surface area contributed by atoms with Gasteiger partial charge in [0, 0.05) is 76.0 Å². The highest BCUT2D eigenvalue weighted by atomic mass is 35.5. The van der Waals surface area contributed by atoms with Gasteiger partial charge in [-0.15, -0.1) is 11.3 Å². The molecule has 56 heavy (non-hydrogen) atoms. The Morgan fingerprint density at radius 1 is 0.893 bits per heavy atom. The summed E-state index contributed by atoms with van der Waals surface area (Å²) in [6.45, 7) is 8.25. The second-order valence-corrected chi connectivity index (χ2v) is 16.8. The number of piperidine rings is 3. The number of halogens is 2. The van der Waals surface area contributed by atoms with Gasteiger partial charge in [0.05, 0.1) is 22.2 Å². The second-order valence-electron chi connectivity index (χ2n) is 15.5. The van der Waals surface area contributed by atoms with Crippen LogP contribution in [0.3, 0.4) is 0 Å². The van der Waals surface area contributed by atoms with Crippen molar-refractivity contribution in [2.75, 3.05) is 69.1 Å². The van der Waals surface area contributed by atoms with E-state index < -0.39 is 5.82 Å². The van der Waals surface area contributed by atoms with E-state index >= 15 is 0 Å². The molecule has 0 radical (unpaired) electrons. The number of rotatable bonds is 10. The molecule has 4 fully saturated rings. The van der Waals surface area contributed by atoms with Gasteiger partial charge in [0.25, 0.3) is 5.91 Å². The number of nitrogens with one attached hydrogen (secondary N) is 2. The van der Waals surface area contributed by atoms with E-state index in [2.05, 4.69) is 54.6 Å². The number of benzene rings is 2. The fraction of sp³-hybridized carbons (Fsp3) is 0.452. The topological polar surface area (TPSA) is 114 Å². The van der Waals surface area contributed by atoms with Crippen molar-refractivity contribution in [3.63, 3.8) is 0 Å². The van der Waals surface area contributed by atoms with Crippen LogP contribution in [0.15, 0.2) is 66.2 Å². The number of carbonyl (C=O) groups excluding carboxylic acids is 3. The van der Waals surface area contributed by atoms with E-state index in [0.29, 0.717) is 57.4 Å². The number of piperazine rings is 1. The van der Waals surface area contributed by atoms with E-state index in [1.54, 1.807) is 28.5 Å². The number of thiazole rings is 1. The summed E-state index contributed by atoms with van der Waals surface area (Å²) in [6.07, 6.45) is 7.21. The molecule has 2 N–H and O–H groups in total. The van der Waals surface area contributed by atoms with Crippen LogP contribution in [-0.4, -0.2) is 101 Å². The summed E-state index contributed by atoms with van der Waals surface area (Å²) in [6, 6.07) is 17.3. The fourth-order valence-electron chi connectivity index (χ4n) is 8.70. The van der Waals surface area contributed by atoms with Crippen molar-refractivity contribution in [3.8, 4) is 0 Å². The molecule has 14 heteroatoms. The second kappa shape index (κ2) is 17.4. The number of anilines is 3. The monoisotopic (exact) mass is 798 g/mol. The highest BCUT2D eigenvalue weighted by molar-refractivity contribution is 7.13. The van der Waals surface area contributed by atoms with Gasteiger partial charge in [0.1, 0.15) is 5.82 Å². The van der Waals surface area contributed by atoms with E-state index in [9.17, 15) is 18.8 Å². The van der Waals surface area contributed by atoms with Crippen LogP contribution in [0, 0.1) is 11.7 Å². The lowest BCUT2D eigenvalue weighted by atomic mass is 9.88. The molecule has 2 aromatic heterocycles. The first-order chi connectivity index (χ1) is 27.3.